The molecule has 0 saturated heterocycles. The molecule has 0 saturated carbocycles. The third-order valence-corrected chi connectivity index (χ3v) is 4.63. The number of nitrogens with zero attached hydrogens (tertiary/aromatic N) is 1. The topological polar surface area (TPSA) is 54.6 Å². The lowest BCUT2D eigenvalue weighted by Gasteiger charge is -2.04. The van der Waals surface area contributed by atoms with E-state index in [0.29, 0.717) is 11.5 Å². The SMILES string of the molecule is CC(C)c1ccc(/C=N\NC(=O)c2cc3c(ccc4ccccc43)o2)cc1. The minimum absolute atomic E-state index is 0.244. The van der Waals surface area contributed by atoms with Crippen molar-refractivity contribution in [2.45, 2.75) is 19.8 Å². The second-order valence-electron chi connectivity index (χ2n) is 6.83. The van der Waals surface area contributed by atoms with Crippen molar-refractivity contribution >= 4 is 33.9 Å². The van der Waals surface area contributed by atoms with Crippen LogP contribution in [0.25, 0.3) is 21.7 Å². The molecule has 0 unspecified atom stereocenters. The summed E-state index contributed by atoms with van der Waals surface area (Å²) in [5.74, 6) is 0.360. The highest BCUT2D eigenvalue weighted by Gasteiger charge is 2.13. The van der Waals surface area contributed by atoms with Crippen LogP contribution in [-0.4, -0.2) is 12.1 Å². The number of hydrazone groups is 1. The lowest BCUT2D eigenvalue weighted by molar-refractivity contribution is 0.0929. The molecule has 1 aromatic heterocycles. The number of hydrogen-bond donors (Lipinski definition) is 1. The maximum atomic E-state index is 12.4. The molecule has 27 heavy (non-hydrogen) atoms. The van der Waals surface area contributed by atoms with Crippen LogP contribution in [-0.2, 0) is 0 Å². The van der Waals surface area contributed by atoms with Crippen molar-refractivity contribution in [1.29, 1.82) is 0 Å². The molecule has 4 aromatic rings. The summed E-state index contributed by atoms with van der Waals surface area (Å²) >= 11 is 0. The Morgan fingerprint density at radius 2 is 1.78 bits per heavy atom. The molecule has 0 bridgehead atoms. The summed E-state index contributed by atoms with van der Waals surface area (Å²) in [6, 6.07) is 21.8. The van der Waals surface area contributed by atoms with Crippen LogP contribution < -0.4 is 5.43 Å². The number of hydrogen-bond acceptors (Lipinski definition) is 3. The van der Waals surface area contributed by atoms with Gasteiger partial charge in [0, 0.05) is 5.39 Å². The van der Waals surface area contributed by atoms with Crippen molar-refractivity contribution in [1.82, 2.24) is 5.43 Å². The zero-order valence-corrected chi connectivity index (χ0v) is 15.3. The molecule has 3 aromatic carbocycles. The largest absolute Gasteiger partial charge is 0.451 e. The van der Waals surface area contributed by atoms with E-state index in [4.69, 9.17) is 4.42 Å². The average molecular weight is 356 g/mol. The standard InChI is InChI=1S/C23H20N2O2/c1-15(2)17-9-7-16(8-10-17)14-24-25-23(26)22-13-20-19-6-4-3-5-18(19)11-12-21(20)27-22/h3-15H,1-2H3,(H,25,26)/b24-14-. The van der Waals surface area contributed by atoms with Gasteiger partial charge in [-0.05, 0) is 39.9 Å². The quantitative estimate of drug-likeness (QED) is 0.389. The average Bonchev–Trinajstić information content (AvgIpc) is 3.13. The van der Waals surface area contributed by atoms with Crippen LogP contribution in [0.2, 0.25) is 0 Å². The second-order valence-corrected chi connectivity index (χ2v) is 6.83. The fraction of sp³-hybridized carbons (Fsp3) is 0.130. The Morgan fingerprint density at radius 1 is 1.00 bits per heavy atom. The van der Waals surface area contributed by atoms with Gasteiger partial charge in [-0.1, -0.05) is 68.4 Å². The van der Waals surface area contributed by atoms with Gasteiger partial charge in [-0.15, -0.1) is 0 Å². The molecule has 4 nitrogen and oxygen atoms in total. The maximum absolute atomic E-state index is 12.4. The van der Waals surface area contributed by atoms with Gasteiger partial charge < -0.3 is 4.42 Å². The van der Waals surface area contributed by atoms with Crippen molar-refractivity contribution in [3.63, 3.8) is 0 Å². The highest BCUT2D eigenvalue weighted by atomic mass is 16.3. The lowest BCUT2D eigenvalue weighted by atomic mass is 10.0. The molecule has 0 aliphatic carbocycles. The first-order valence-corrected chi connectivity index (χ1v) is 8.96. The minimum Gasteiger partial charge on any atom is -0.451 e. The zero-order valence-electron chi connectivity index (χ0n) is 15.3. The van der Waals surface area contributed by atoms with Gasteiger partial charge in [-0.2, -0.15) is 5.10 Å². The first-order valence-electron chi connectivity index (χ1n) is 8.96. The Hall–Kier alpha value is -3.40. The molecule has 1 N–H and O–H groups in total. The summed E-state index contributed by atoms with van der Waals surface area (Å²) in [4.78, 5) is 12.4. The van der Waals surface area contributed by atoms with Gasteiger partial charge in [0.05, 0.1) is 6.21 Å². The van der Waals surface area contributed by atoms with Gasteiger partial charge in [0.2, 0.25) is 0 Å². The molecule has 4 heteroatoms. The number of benzene rings is 3. The molecular weight excluding hydrogens is 336 g/mol. The van der Waals surface area contributed by atoms with E-state index in [1.165, 1.54) is 5.56 Å². The van der Waals surface area contributed by atoms with E-state index < -0.39 is 0 Å². The second kappa shape index (κ2) is 7.08. The number of fused-ring (bicyclic) bond motifs is 3. The van der Waals surface area contributed by atoms with Crippen molar-refractivity contribution in [2.75, 3.05) is 0 Å². The molecule has 1 heterocycles. The Bertz CT molecular complexity index is 1140. The molecule has 0 aliphatic heterocycles. The van der Waals surface area contributed by atoms with Crippen LogP contribution in [0.5, 0.6) is 0 Å². The highest BCUT2D eigenvalue weighted by Crippen LogP contribution is 2.28. The van der Waals surface area contributed by atoms with Crippen LogP contribution in [0.4, 0.5) is 0 Å². The molecule has 0 spiro atoms. The zero-order chi connectivity index (χ0) is 18.8. The van der Waals surface area contributed by atoms with E-state index in [9.17, 15) is 4.79 Å². The van der Waals surface area contributed by atoms with Gasteiger partial charge in [0.1, 0.15) is 5.58 Å². The maximum Gasteiger partial charge on any atom is 0.307 e. The normalized spacial score (nSPS) is 11.7. The van der Waals surface area contributed by atoms with Crippen LogP contribution in [0.3, 0.4) is 0 Å². The molecule has 1 amide bonds. The van der Waals surface area contributed by atoms with Crippen molar-refractivity contribution in [3.05, 3.63) is 83.6 Å². The van der Waals surface area contributed by atoms with Crippen LogP contribution in [0.15, 0.2) is 76.2 Å². The van der Waals surface area contributed by atoms with Crippen LogP contribution in [0, 0.1) is 0 Å². The van der Waals surface area contributed by atoms with Crippen LogP contribution >= 0.6 is 0 Å². The van der Waals surface area contributed by atoms with Crippen molar-refractivity contribution in [3.8, 4) is 0 Å². The molecule has 0 fully saturated rings. The van der Waals surface area contributed by atoms with Gasteiger partial charge in [-0.25, -0.2) is 5.43 Å². The molecule has 0 atom stereocenters. The number of amides is 1. The van der Waals surface area contributed by atoms with Crippen molar-refractivity contribution < 1.29 is 9.21 Å². The van der Waals surface area contributed by atoms with E-state index in [2.05, 4.69) is 36.5 Å². The number of nitrogens with one attached hydrogen (secondary N) is 1. The van der Waals surface area contributed by atoms with Gasteiger partial charge in [0.15, 0.2) is 5.76 Å². The van der Waals surface area contributed by atoms with Crippen LogP contribution in [0.1, 0.15) is 41.4 Å². The highest BCUT2D eigenvalue weighted by molar-refractivity contribution is 6.08. The van der Waals surface area contributed by atoms with E-state index in [1.54, 1.807) is 12.3 Å². The fourth-order valence-electron chi connectivity index (χ4n) is 3.09. The molecule has 0 aliphatic rings. The molecule has 4 rings (SSSR count). The number of rotatable bonds is 4. The molecular formula is C23H20N2O2. The Kier molecular flexibility index (Phi) is 4.47. The predicted octanol–water partition coefficient (Wildman–Crippen LogP) is 5.47. The first kappa shape index (κ1) is 17.0. The number of carbonyl (C=O) groups excluding carboxylic acids is 1. The van der Waals surface area contributed by atoms with Gasteiger partial charge in [0.25, 0.3) is 0 Å². The molecule has 134 valence electrons. The summed E-state index contributed by atoms with van der Waals surface area (Å²) in [7, 11) is 0. The Labute approximate surface area is 157 Å². The number of carbonyl (C=O) groups is 1. The lowest BCUT2D eigenvalue weighted by Crippen LogP contribution is -2.16. The van der Waals surface area contributed by atoms with E-state index in [-0.39, 0.29) is 11.7 Å². The van der Waals surface area contributed by atoms with Gasteiger partial charge >= 0.3 is 5.91 Å². The summed E-state index contributed by atoms with van der Waals surface area (Å²) in [6.45, 7) is 4.31. The summed E-state index contributed by atoms with van der Waals surface area (Å²) in [6.07, 6.45) is 1.63. The van der Waals surface area contributed by atoms with E-state index in [0.717, 1.165) is 21.7 Å². The third kappa shape index (κ3) is 3.47. The van der Waals surface area contributed by atoms with E-state index in [1.807, 2.05) is 48.5 Å². The van der Waals surface area contributed by atoms with Crippen molar-refractivity contribution in [2.24, 2.45) is 5.10 Å². The monoisotopic (exact) mass is 356 g/mol. The van der Waals surface area contributed by atoms with Gasteiger partial charge in [-0.3, -0.25) is 4.79 Å². The predicted molar refractivity (Wildman–Crippen MR) is 109 cm³/mol. The summed E-state index contributed by atoms with van der Waals surface area (Å²) in [5, 5.41) is 7.14. The molecule has 0 radical (unpaired) electrons. The summed E-state index contributed by atoms with van der Waals surface area (Å²) < 4.78 is 5.70. The minimum atomic E-state index is -0.370. The fourth-order valence-corrected chi connectivity index (χ4v) is 3.09. The summed E-state index contributed by atoms with van der Waals surface area (Å²) in [5.41, 5.74) is 5.41. The number of furan rings is 1. The Balaban J connectivity index is 1.52. The smallest absolute Gasteiger partial charge is 0.307 e. The van der Waals surface area contributed by atoms with E-state index >= 15 is 0 Å². The Morgan fingerprint density at radius 3 is 2.56 bits per heavy atom. The first-order chi connectivity index (χ1) is 13.1. The third-order valence-electron chi connectivity index (χ3n) is 4.63.